The van der Waals surface area contributed by atoms with Crippen LogP contribution in [-0.4, -0.2) is 16.9 Å². The number of hydrogen-bond donors (Lipinski definition) is 3. The third-order valence-corrected chi connectivity index (χ3v) is 4.34. The van der Waals surface area contributed by atoms with Crippen LogP contribution in [0.5, 0.6) is 0 Å². The van der Waals surface area contributed by atoms with Gasteiger partial charge in [-0.3, -0.25) is 4.79 Å². The van der Waals surface area contributed by atoms with Crippen LogP contribution in [-0.2, 0) is 17.8 Å². The van der Waals surface area contributed by atoms with Crippen LogP contribution in [0, 0.1) is 0 Å². The second-order valence-electron chi connectivity index (χ2n) is 4.97. The highest BCUT2D eigenvalue weighted by atomic mass is 32.1. The number of thiophene rings is 1. The van der Waals surface area contributed by atoms with Crippen molar-refractivity contribution >= 4 is 28.1 Å². The van der Waals surface area contributed by atoms with Gasteiger partial charge in [-0.15, -0.1) is 11.3 Å². The van der Waals surface area contributed by atoms with Gasteiger partial charge in [0.2, 0.25) is 5.91 Å². The fraction of sp³-hybridized carbons (Fsp3) is 0.188. The van der Waals surface area contributed by atoms with Crippen molar-refractivity contribution in [1.29, 1.82) is 0 Å². The minimum Gasteiger partial charge on any atom is -0.361 e. The number of fused-ring (bicyclic) bond motifs is 1. The molecule has 1 aromatic carbocycles. The number of carbonyl (C=O) groups is 1. The van der Waals surface area contributed by atoms with Crippen LogP contribution in [0.25, 0.3) is 10.9 Å². The minimum absolute atomic E-state index is 0.117. The van der Waals surface area contributed by atoms with E-state index in [9.17, 15) is 4.79 Å². The molecular weight excluding hydrogens is 282 g/mol. The van der Waals surface area contributed by atoms with E-state index in [0.29, 0.717) is 13.0 Å². The minimum atomic E-state index is -0.538. The number of para-hydroxylation sites is 1. The molecule has 2 heterocycles. The predicted molar refractivity (Wildman–Crippen MR) is 86.1 cm³/mol. The largest absolute Gasteiger partial charge is 0.361 e. The number of carbonyl (C=O) groups excluding carboxylic acids is 1. The maximum absolute atomic E-state index is 12.1. The van der Waals surface area contributed by atoms with Gasteiger partial charge in [-0.05, 0) is 29.5 Å². The van der Waals surface area contributed by atoms with Crippen molar-refractivity contribution in [3.63, 3.8) is 0 Å². The molecule has 5 heteroatoms. The summed E-state index contributed by atoms with van der Waals surface area (Å²) < 4.78 is 0. The fourth-order valence-corrected chi connectivity index (χ4v) is 2.99. The summed E-state index contributed by atoms with van der Waals surface area (Å²) in [5.74, 6) is -0.117. The van der Waals surface area contributed by atoms with Gasteiger partial charge >= 0.3 is 0 Å². The summed E-state index contributed by atoms with van der Waals surface area (Å²) in [6.45, 7) is 0.540. The van der Waals surface area contributed by atoms with Crippen LogP contribution in [0.15, 0.2) is 48.0 Å². The smallest absolute Gasteiger partial charge is 0.237 e. The number of benzene rings is 1. The molecule has 0 unspecified atom stereocenters. The van der Waals surface area contributed by atoms with E-state index < -0.39 is 6.04 Å². The normalized spacial score (nSPS) is 12.4. The average Bonchev–Trinajstić information content (AvgIpc) is 3.15. The lowest BCUT2D eigenvalue weighted by molar-refractivity contribution is -0.122. The molecule has 0 aliphatic rings. The maximum Gasteiger partial charge on any atom is 0.237 e. The summed E-state index contributed by atoms with van der Waals surface area (Å²) in [6.07, 6.45) is 2.46. The zero-order chi connectivity index (χ0) is 14.7. The first-order chi connectivity index (χ1) is 10.2. The van der Waals surface area contributed by atoms with Crippen molar-refractivity contribution in [3.8, 4) is 0 Å². The molecule has 108 valence electrons. The third-order valence-electron chi connectivity index (χ3n) is 3.47. The van der Waals surface area contributed by atoms with E-state index >= 15 is 0 Å². The lowest BCUT2D eigenvalue weighted by Gasteiger charge is -2.11. The Balaban J connectivity index is 1.62. The maximum atomic E-state index is 12.1. The number of hydrogen-bond acceptors (Lipinski definition) is 3. The zero-order valence-corrected chi connectivity index (χ0v) is 12.3. The van der Waals surface area contributed by atoms with Gasteiger partial charge in [0.05, 0.1) is 12.6 Å². The van der Waals surface area contributed by atoms with E-state index in [2.05, 4.69) is 10.3 Å². The van der Waals surface area contributed by atoms with Gasteiger partial charge in [0.25, 0.3) is 0 Å². The molecular formula is C16H17N3OS. The Morgan fingerprint density at radius 1 is 1.29 bits per heavy atom. The summed E-state index contributed by atoms with van der Waals surface area (Å²) >= 11 is 1.62. The summed E-state index contributed by atoms with van der Waals surface area (Å²) in [7, 11) is 0. The predicted octanol–water partition coefficient (Wildman–Crippen LogP) is 2.42. The quantitative estimate of drug-likeness (QED) is 0.677. The van der Waals surface area contributed by atoms with Gasteiger partial charge in [-0.25, -0.2) is 0 Å². The van der Waals surface area contributed by atoms with E-state index in [0.717, 1.165) is 21.3 Å². The van der Waals surface area contributed by atoms with Gasteiger partial charge < -0.3 is 16.0 Å². The number of nitrogens with two attached hydrogens (primary N) is 1. The molecule has 2 aromatic heterocycles. The molecule has 0 fully saturated rings. The Morgan fingerprint density at radius 2 is 2.14 bits per heavy atom. The average molecular weight is 299 g/mol. The first-order valence-corrected chi connectivity index (χ1v) is 7.72. The highest BCUT2D eigenvalue weighted by Gasteiger charge is 2.15. The van der Waals surface area contributed by atoms with E-state index in [1.165, 1.54) is 0 Å². The van der Waals surface area contributed by atoms with Crippen molar-refractivity contribution in [2.45, 2.75) is 19.0 Å². The first kappa shape index (κ1) is 13.9. The van der Waals surface area contributed by atoms with Gasteiger partial charge in [0.1, 0.15) is 0 Å². The Kier molecular flexibility index (Phi) is 4.03. The summed E-state index contributed by atoms with van der Waals surface area (Å²) in [6, 6.07) is 11.5. The molecule has 1 atom stereocenters. The van der Waals surface area contributed by atoms with E-state index in [1.807, 2.05) is 48.0 Å². The van der Waals surface area contributed by atoms with Crippen molar-refractivity contribution in [1.82, 2.24) is 10.3 Å². The fourth-order valence-electron chi connectivity index (χ4n) is 2.35. The molecule has 0 saturated carbocycles. The molecule has 4 N–H and O–H groups in total. The SMILES string of the molecule is N[C@@H](Cc1c[nH]c2ccccc12)C(=O)NCc1cccs1. The van der Waals surface area contributed by atoms with Crippen molar-refractivity contribution in [3.05, 3.63) is 58.4 Å². The molecule has 0 aliphatic carbocycles. The van der Waals surface area contributed by atoms with Gasteiger partial charge in [-0.2, -0.15) is 0 Å². The summed E-state index contributed by atoms with van der Waals surface area (Å²) in [5.41, 5.74) is 8.16. The van der Waals surface area contributed by atoms with E-state index in [1.54, 1.807) is 11.3 Å². The van der Waals surface area contributed by atoms with Gasteiger partial charge in [0.15, 0.2) is 0 Å². The van der Waals surface area contributed by atoms with Crippen LogP contribution in [0.2, 0.25) is 0 Å². The van der Waals surface area contributed by atoms with Crippen LogP contribution in [0.4, 0.5) is 0 Å². The van der Waals surface area contributed by atoms with Crippen molar-refractivity contribution in [2.75, 3.05) is 0 Å². The van der Waals surface area contributed by atoms with Crippen LogP contribution >= 0.6 is 11.3 Å². The zero-order valence-electron chi connectivity index (χ0n) is 11.5. The standard InChI is InChI=1S/C16H17N3OS/c17-14(16(20)19-10-12-4-3-7-21-12)8-11-9-18-15-6-2-1-5-13(11)15/h1-7,9,14,18H,8,10,17H2,(H,19,20)/t14-/m0/s1. The number of amides is 1. The number of nitrogens with one attached hydrogen (secondary N) is 2. The number of aromatic amines is 1. The summed E-state index contributed by atoms with van der Waals surface area (Å²) in [4.78, 5) is 16.4. The second-order valence-corrected chi connectivity index (χ2v) is 6.00. The highest BCUT2D eigenvalue weighted by molar-refractivity contribution is 7.09. The van der Waals surface area contributed by atoms with Crippen LogP contribution < -0.4 is 11.1 Å². The molecule has 3 aromatic rings. The first-order valence-electron chi connectivity index (χ1n) is 6.84. The molecule has 0 saturated heterocycles. The topological polar surface area (TPSA) is 70.9 Å². The Labute approximate surface area is 127 Å². The molecule has 4 nitrogen and oxygen atoms in total. The molecule has 0 radical (unpaired) electrons. The molecule has 1 amide bonds. The van der Waals surface area contributed by atoms with E-state index in [4.69, 9.17) is 5.73 Å². The number of H-pyrrole nitrogens is 1. The molecule has 0 aliphatic heterocycles. The van der Waals surface area contributed by atoms with Crippen LogP contribution in [0.1, 0.15) is 10.4 Å². The second kappa shape index (κ2) is 6.11. The van der Waals surface area contributed by atoms with Gasteiger partial charge in [0, 0.05) is 22.0 Å². The molecule has 0 spiro atoms. The van der Waals surface area contributed by atoms with Crippen molar-refractivity contribution < 1.29 is 4.79 Å². The third kappa shape index (κ3) is 3.15. The molecule has 0 bridgehead atoms. The summed E-state index contributed by atoms with van der Waals surface area (Å²) in [5, 5.41) is 6.00. The molecule has 21 heavy (non-hydrogen) atoms. The highest BCUT2D eigenvalue weighted by Crippen LogP contribution is 2.18. The Hall–Kier alpha value is -2.11. The number of aromatic nitrogens is 1. The lowest BCUT2D eigenvalue weighted by atomic mass is 10.1. The van der Waals surface area contributed by atoms with Crippen molar-refractivity contribution in [2.24, 2.45) is 5.73 Å². The lowest BCUT2D eigenvalue weighted by Crippen LogP contribution is -2.41. The van der Waals surface area contributed by atoms with E-state index in [-0.39, 0.29) is 5.91 Å². The van der Waals surface area contributed by atoms with Crippen LogP contribution in [0.3, 0.4) is 0 Å². The number of rotatable bonds is 5. The van der Waals surface area contributed by atoms with Gasteiger partial charge in [-0.1, -0.05) is 24.3 Å². The Bertz CT molecular complexity index is 733. The molecule has 3 rings (SSSR count). The monoisotopic (exact) mass is 299 g/mol. The Morgan fingerprint density at radius 3 is 2.95 bits per heavy atom.